The second-order valence-electron chi connectivity index (χ2n) is 18.2. The van der Waals surface area contributed by atoms with Crippen LogP contribution in [0.1, 0.15) is 96.0 Å². The minimum absolute atomic E-state index is 0.134. The van der Waals surface area contributed by atoms with E-state index in [1.165, 1.54) is 6.92 Å². The van der Waals surface area contributed by atoms with E-state index in [9.17, 15) is 34.2 Å². The van der Waals surface area contributed by atoms with Crippen LogP contribution in [0.5, 0.6) is 0 Å². The summed E-state index contributed by atoms with van der Waals surface area (Å²) < 4.78 is 36.3. The van der Waals surface area contributed by atoms with Crippen LogP contribution in [0.2, 0.25) is 0 Å². The number of rotatable bonds is 10. The van der Waals surface area contributed by atoms with Crippen molar-refractivity contribution in [1.82, 2.24) is 0 Å². The van der Waals surface area contributed by atoms with Crippen molar-refractivity contribution in [3.8, 4) is 0 Å². The smallest absolute Gasteiger partial charge is 0.338 e. The van der Waals surface area contributed by atoms with Crippen LogP contribution < -0.4 is 0 Å². The molecule has 4 saturated carbocycles. The number of carbonyl (C=O) groups excluding carboxylic acids is 6. The van der Waals surface area contributed by atoms with Crippen LogP contribution in [0.3, 0.4) is 0 Å². The Morgan fingerprint density at radius 3 is 2.14 bits per heavy atom. The number of benzene rings is 2. The maximum atomic E-state index is 15.3. The molecule has 1 aliphatic heterocycles. The number of aliphatic hydroxyl groups excluding tert-OH is 1. The molecule has 12 atom stereocenters. The molecule has 2 spiro atoms. The van der Waals surface area contributed by atoms with E-state index >= 15 is 4.79 Å². The van der Waals surface area contributed by atoms with E-state index in [4.69, 9.17) is 28.4 Å². The first kappa shape index (κ1) is 40.8. The van der Waals surface area contributed by atoms with Crippen LogP contribution in [0.15, 0.2) is 71.8 Å². The molecular formula is C45H50O14. The molecule has 59 heavy (non-hydrogen) atoms. The number of ether oxygens (including phenoxy) is 6. The summed E-state index contributed by atoms with van der Waals surface area (Å²) in [4.78, 5) is 82.7. The number of hydrogen-bond acceptors (Lipinski definition) is 14. The summed E-state index contributed by atoms with van der Waals surface area (Å²) in [5.41, 5.74) is -8.11. The normalized spacial score (nSPS) is 37.0. The Morgan fingerprint density at radius 1 is 0.915 bits per heavy atom. The van der Waals surface area contributed by atoms with Gasteiger partial charge in [0.25, 0.3) is 0 Å². The van der Waals surface area contributed by atoms with E-state index in [1.807, 2.05) is 0 Å². The summed E-state index contributed by atoms with van der Waals surface area (Å²) in [6, 6.07) is 16.6. The lowest BCUT2D eigenvalue weighted by Crippen LogP contribution is -2.97. The van der Waals surface area contributed by atoms with Gasteiger partial charge in [-0.1, -0.05) is 55.5 Å². The summed E-state index contributed by atoms with van der Waals surface area (Å²) in [6.07, 6.45) is -7.23. The predicted octanol–water partition coefficient (Wildman–Crippen LogP) is 4.08. The molecule has 2 aromatic rings. The van der Waals surface area contributed by atoms with Crippen molar-refractivity contribution in [3.05, 3.63) is 82.9 Å². The Hall–Kier alpha value is -4.92. The lowest BCUT2D eigenvalue weighted by Gasteiger charge is -2.83. The highest BCUT2D eigenvalue weighted by Gasteiger charge is 3.03. The Labute approximate surface area is 341 Å². The Kier molecular flexibility index (Phi) is 9.38. The maximum absolute atomic E-state index is 15.3. The standard InChI is InChI=1S/C45H50O14/c1-23-30(56-38(52)34(49)29(26-14-10-8-11-15-26)19-32(48)59-40(4,5)6)21-43(53)39(57-37(51)27-16-12-9-13-17-27)45-41(43,7)33(23)35(55-24(2)46)36(50)42(45)20-28(42)18-31-44(45,22-54-31)58-25(3)47/h8-17,28-31,34-35,39,49,53H,18-22H2,1-7H3/t28-,29+,30+,31-,34-,35-,39-,41+,42+,43-,44+,45-/m1/s1. The fraction of sp³-hybridized carbons (Fsp3) is 0.556. The lowest BCUT2D eigenvalue weighted by atomic mass is 9.23. The highest BCUT2D eigenvalue weighted by molar-refractivity contribution is 6.01. The molecule has 8 rings (SSSR count). The molecule has 0 bridgehead atoms. The van der Waals surface area contributed by atoms with Crippen LogP contribution in [0, 0.1) is 22.2 Å². The van der Waals surface area contributed by atoms with Gasteiger partial charge in [-0.25, -0.2) is 9.59 Å². The van der Waals surface area contributed by atoms with Gasteiger partial charge in [0, 0.05) is 31.6 Å². The molecule has 5 fully saturated rings. The summed E-state index contributed by atoms with van der Waals surface area (Å²) in [7, 11) is 0. The average molecular weight is 815 g/mol. The van der Waals surface area contributed by atoms with Crippen molar-refractivity contribution in [1.29, 1.82) is 0 Å². The summed E-state index contributed by atoms with van der Waals surface area (Å²) >= 11 is 0. The number of Topliss-reactive ketones (excluding diaryl/α,β-unsaturated/α-hetero) is 1. The summed E-state index contributed by atoms with van der Waals surface area (Å²) in [6.45, 7) is 10.7. The third-order valence-electron chi connectivity index (χ3n) is 14.1. The molecule has 0 unspecified atom stereocenters. The van der Waals surface area contributed by atoms with Crippen LogP contribution >= 0.6 is 0 Å². The minimum atomic E-state index is -2.14. The van der Waals surface area contributed by atoms with E-state index in [0.717, 1.165) is 6.92 Å². The number of fused-ring (bicyclic) bond motifs is 1. The van der Waals surface area contributed by atoms with Crippen LogP contribution in [-0.4, -0.2) is 99.8 Å². The number of aliphatic hydroxyl groups is 2. The number of ketones is 1. The molecule has 14 heteroatoms. The molecule has 6 aliphatic rings. The molecular weight excluding hydrogens is 764 g/mol. The highest BCUT2D eigenvalue weighted by atomic mass is 16.6. The zero-order chi connectivity index (χ0) is 42.7. The SMILES string of the molecule is CC(=O)O[C@H]1C(=O)[C@]23C[C@H]2C[C@H]2OC[C@@]2(OC(C)=O)[C@@]32[C@H](OC(=O)c3ccccc3)[C@]3(O)C[C@H](OC(=O)[C@H](O)[C@@H](CC(=O)OC(C)(C)C)c4ccccc4)C(C)=C1[C@]23C. The van der Waals surface area contributed by atoms with Crippen molar-refractivity contribution < 1.29 is 67.4 Å². The molecule has 0 radical (unpaired) electrons. The topological polar surface area (TPSA) is 198 Å². The van der Waals surface area contributed by atoms with Crippen molar-refractivity contribution in [3.63, 3.8) is 0 Å². The zero-order valence-electron chi connectivity index (χ0n) is 34.1. The van der Waals surface area contributed by atoms with E-state index in [-0.39, 0.29) is 42.1 Å². The third kappa shape index (κ3) is 5.47. The lowest BCUT2D eigenvalue weighted by molar-refractivity contribution is -0.452. The summed E-state index contributed by atoms with van der Waals surface area (Å²) in [5.74, 6) is -6.01. The molecule has 5 aliphatic carbocycles. The molecule has 0 aromatic heterocycles. The van der Waals surface area contributed by atoms with Crippen molar-refractivity contribution in [2.24, 2.45) is 22.2 Å². The van der Waals surface area contributed by atoms with Gasteiger partial charge < -0.3 is 38.6 Å². The largest absolute Gasteiger partial charge is 0.460 e. The second kappa shape index (κ2) is 13.5. The molecule has 0 amide bonds. The first-order chi connectivity index (χ1) is 27.7. The minimum Gasteiger partial charge on any atom is -0.460 e. The van der Waals surface area contributed by atoms with Crippen LogP contribution in [0.25, 0.3) is 0 Å². The monoisotopic (exact) mass is 814 g/mol. The van der Waals surface area contributed by atoms with Crippen LogP contribution in [-0.2, 0) is 52.4 Å². The quantitative estimate of drug-likeness (QED) is 0.198. The van der Waals surface area contributed by atoms with Crippen LogP contribution in [0.4, 0.5) is 0 Å². The van der Waals surface area contributed by atoms with E-state index in [0.29, 0.717) is 12.0 Å². The van der Waals surface area contributed by atoms with Gasteiger partial charge >= 0.3 is 29.8 Å². The van der Waals surface area contributed by atoms with Gasteiger partial charge in [-0.05, 0) is 75.3 Å². The third-order valence-corrected chi connectivity index (χ3v) is 14.1. The first-order valence-corrected chi connectivity index (χ1v) is 20.1. The zero-order valence-corrected chi connectivity index (χ0v) is 34.1. The average Bonchev–Trinajstić information content (AvgIpc) is 3.90. The van der Waals surface area contributed by atoms with Gasteiger partial charge in [0.05, 0.1) is 29.4 Å². The van der Waals surface area contributed by atoms with Gasteiger partial charge in [0.15, 0.2) is 23.6 Å². The second-order valence-corrected chi connectivity index (χ2v) is 18.2. The molecule has 2 N–H and O–H groups in total. The van der Waals surface area contributed by atoms with E-state index < -0.39 is 112 Å². The van der Waals surface area contributed by atoms with Gasteiger partial charge in [-0.2, -0.15) is 0 Å². The molecule has 2 aromatic carbocycles. The molecule has 14 nitrogen and oxygen atoms in total. The van der Waals surface area contributed by atoms with Gasteiger partial charge in [-0.15, -0.1) is 0 Å². The Balaban J connectivity index is 1.26. The fourth-order valence-corrected chi connectivity index (χ4v) is 12.1. The van der Waals surface area contributed by atoms with Gasteiger partial charge in [-0.3, -0.25) is 19.2 Å². The number of esters is 5. The maximum Gasteiger partial charge on any atom is 0.338 e. The van der Waals surface area contributed by atoms with Gasteiger partial charge in [0.1, 0.15) is 29.5 Å². The Morgan fingerprint density at radius 2 is 1.56 bits per heavy atom. The molecule has 1 heterocycles. The molecule has 1 saturated heterocycles. The number of hydrogen-bond donors (Lipinski definition) is 2. The predicted molar refractivity (Wildman–Crippen MR) is 204 cm³/mol. The summed E-state index contributed by atoms with van der Waals surface area (Å²) in [5, 5.41) is 25.1. The fourth-order valence-electron chi connectivity index (χ4n) is 12.1. The number of carbonyl (C=O) groups is 6. The van der Waals surface area contributed by atoms with Gasteiger partial charge in [0.2, 0.25) is 0 Å². The van der Waals surface area contributed by atoms with Crippen molar-refractivity contribution in [2.45, 2.75) is 127 Å². The van der Waals surface area contributed by atoms with Crippen molar-refractivity contribution >= 4 is 35.6 Å². The Bertz CT molecular complexity index is 2160. The van der Waals surface area contributed by atoms with E-state index in [2.05, 4.69) is 0 Å². The first-order valence-electron chi connectivity index (χ1n) is 20.1. The van der Waals surface area contributed by atoms with Crippen molar-refractivity contribution in [2.75, 3.05) is 6.61 Å². The highest BCUT2D eigenvalue weighted by Crippen LogP contribution is 2.92. The molecule has 314 valence electrons. The van der Waals surface area contributed by atoms with E-state index in [1.54, 1.807) is 95.3 Å².